The molecule has 2 aromatic carbocycles. The van der Waals surface area contributed by atoms with E-state index in [9.17, 15) is 4.79 Å². The van der Waals surface area contributed by atoms with E-state index in [4.69, 9.17) is 32.7 Å². The van der Waals surface area contributed by atoms with Gasteiger partial charge in [0.1, 0.15) is 0 Å². The maximum absolute atomic E-state index is 13.6. The number of benzene rings is 2. The van der Waals surface area contributed by atoms with Crippen LogP contribution in [-0.4, -0.2) is 31.8 Å². The highest BCUT2D eigenvalue weighted by Gasteiger charge is 2.52. The van der Waals surface area contributed by atoms with Gasteiger partial charge in [0.05, 0.1) is 11.8 Å². The number of alkyl halides is 2. The molecule has 24 heavy (non-hydrogen) atoms. The van der Waals surface area contributed by atoms with Gasteiger partial charge in [-0.1, -0.05) is 60.7 Å². The van der Waals surface area contributed by atoms with Gasteiger partial charge in [-0.25, -0.2) is 0 Å². The van der Waals surface area contributed by atoms with Crippen molar-refractivity contribution in [2.45, 2.75) is 11.2 Å². The van der Waals surface area contributed by atoms with Crippen molar-refractivity contribution >= 4 is 29.0 Å². The molecule has 0 aromatic heterocycles. The summed E-state index contributed by atoms with van der Waals surface area (Å²) in [5.41, 5.74) is -1.39. The van der Waals surface area contributed by atoms with Crippen LogP contribution in [0.4, 0.5) is 0 Å². The third-order valence-corrected chi connectivity index (χ3v) is 5.04. The minimum atomic E-state index is -1.36. The molecule has 0 aliphatic heterocycles. The number of Topliss-reactive ketones (excluding diaryl/α,β-unsaturated/α-hetero) is 1. The number of hydrogen-bond donors (Lipinski definition) is 0. The Labute approximate surface area is 152 Å². The second-order valence-corrected chi connectivity index (χ2v) is 5.93. The lowest BCUT2D eigenvalue weighted by Gasteiger charge is -2.39. The van der Waals surface area contributed by atoms with Crippen molar-refractivity contribution in [2.75, 3.05) is 26.0 Å². The van der Waals surface area contributed by atoms with Crippen LogP contribution >= 0.6 is 23.2 Å². The van der Waals surface area contributed by atoms with Gasteiger partial charge >= 0.3 is 0 Å². The van der Waals surface area contributed by atoms with E-state index in [1.807, 2.05) is 60.7 Å². The van der Waals surface area contributed by atoms with Crippen LogP contribution in [0.1, 0.15) is 11.1 Å². The van der Waals surface area contributed by atoms with E-state index in [0.29, 0.717) is 11.1 Å². The van der Waals surface area contributed by atoms with Gasteiger partial charge in [0, 0.05) is 14.2 Å². The minimum absolute atomic E-state index is 0.0544. The molecule has 0 saturated carbocycles. The van der Waals surface area contributed by atoms with Crippen LogP contribution in [0.2, 0.25) is 0 Å². The zero-order chi connectivity index (χ0) is 17.6. The topological polar surface area (TPSA) is 35.5 Å². The van der Waals surface area contributed by atoms with E-state index in [-0.39, 0.29) is 17.5 Å². The molecule has 2 atom stereocenters. The zero-order valence-electron chi connectivity index (χ0n) is 13.7. The van der Waals surface area contributed by atoms with E-state index in [1.54, 1.807) is 0 Å². The Bertz CT molecular complexity index is 593. The summed E-state index contributed by atoms with van der Waals surface area (Å²) in [5.74, 6) is -0.440. The number of methoxy groups -OCH3 is 2. The highest BCUT2D eigenvalue weighted by Crippen LogP contribution is 2.39. The van der Waals surface area contributed by atoms with Crippen LogP contribution in [0, 0.1) is 0 Å². The summed E-state index contributed by atoms with van der Waals surface area (Å²) in [4.78, 5) is 13.6. The maximum Gasteiger partial charge on any atom is 0.207 e. The molecule has 0 N–H and O–H groups in total. The van der Waals surface area contributed by atoms with Crippen LogP contribution < -0.4 is 0 Å². The summed E-state index contributed by atoms with van der Waals surface area (Å²) < 4.78 is 11.3. The molecule has 3 nitrogen and oxygen atoms in total. The van der Waals surface area contributed by atoms with Crippen LogP contribution in [0.15, 0.2) is 60.7 Å². The maximum atomic E-state index is 13.6. The smallest absolute Gasteiger partial charge is 0.207 e. The number of carbonyl (C=O) groups excluding carboxylic acids is 1. The fraction of sp³-hybridized carbons (Fsp3) is 0.316. The second-order valence-electron chi connectivity index (χ2n) is 5.39. The summed E-state index contributed by atoms with van der Waals surface area (Å²) in [6.07, 6.45) is 0. The van der Waals surface area contributed by atoms with E-state index < -0.39 is 11.2 Å². The van der Waals surface area contributed by atoms with Crippen molar-refractivity contribution in [3.8, 4) is 0 Å². The molecule has 0 amide bonds. The van der Waals surface area contributed by atoms with Crippen LogP contribution in [0.5, 0.6) is 0 Å². The third kappa shape index (κ3) is 3.09. The SMILES string of the molecule is COC(CCl)(C(=O)C(CCl)(OC)c1ccccc1)c1ccccc1. The van der Waals surface area contributed by atoms with E-state index in [0.717, 1.165) is 0 Å². The standard InChI is InChI=1S/C19H20Cl2O3/c1-23-18(13-20,15-9-5-3-6-10-15)17(22)19(14-21,24-2)16-11-7-4-8-12-16/h3-12H,13-14H2,1-2H3. The predicted octanol–water partition coefficient (Wildman–Crippen LogP) is 4.12. The Morgan fingerprint density at radius 1 is 0.792 bits per heavy atom. The first-order chi connectivity index (χ1) is 11.6. The molecular formula is C19H20Cl2O3. The molecule has 2 rings (SSSR count). The van der Waals surface area contributed by atoms with Gasteiger partial charge in [-0.2, -0.15) is 0 Å². The summed E-state index contributed by atoms with van der Waals surface area (Å²) >= 11 is 12.4. The van der Waals surface area contributed by atoms with Crippen LogP contribution in [-0.2, 0) is 25.5 Å². The van der Waals surface area contributed by atoms with Crippen molar-refractivity contribution in [2.24, 2.45) is 0 Å². The molecule has 2 aromatic rings. The van der Waals surface area contributed by atoms with Gasteiger partial charge in [0.25, 0.3) is 0 Å². The summed E-state index contributed by atoms with van der Waals surface area (Å²) in [7, 11) is 2.93. The quantitative estimate of drug-likeness (QED) is 0.659. The van der Waals surface area contributed by atoms with Gasteiger partial charge < -0.3 is 9.47 Å². The lowest BCUT2D eigenvalue weighted by molar-refractivity contribution is -0.162. The molecule has 0 spiro atoms. The van der Waals surface area contributed by atoms with Gasteiger partial charge in [-0.15, -0.1) is 23.2 Å². The highest BCUT2D eigenvalue weighted by atomic mass is 35.5. The molecule has 0 heterocycles. The van der Waals surface area contributed by atoms with Crippen LogP contribution in [0.25, 0.3) is 0 Å². The molecule has 2 unspecified atom stereocenters. The first kappa shape index (κ1) is 18.9. The Morgan fingerprint density at radius 3 is 1.38 bits per heavy atom. The third-order valence-electron chi connectivity index (χ3n) is 4.29. The molecule has 0 bridgehead atoms. The first-order valence-corrected chi connectivity index (χ1v) is 8.56. The van der Waals surface area contributed by atoms with Crippen molar-refractivity contribution in [3.63, 3.8) is 0 Å². The summed E-state index contributed by atoms with van der Waals surface area (Å²) in [6.45, 7) is 0. The number of ketones is 1. The Balaban J connectivity index is 2.63. The zero-order valence-corrected chi connectivity index (χ0v) is 15.2. The average Bonchev–Trinajstić information content (AvgIpc) is 2.66. The number of halogens is 2. The van der Waals surface area contributed by atoms with Gasteiger partial charge in [-0.05, 0) is 11.1 Å². The largest absolute Gasteiger partial charge is 0.364 e. The van der Waals surface area contributed by atoms with Gasteiger partial charge in [-0.3, -0.25) is 4.79 Å². The summed E-state index contributed by atoms with van der Waals surface area (Å²) in [6, 6.07) is 18.3. The van der Waals surface area contributed by atoms with Crippen LogP contribution in [0.3, 0.4) is 0 Å². The number of ether oxygens (including phenoxy) is 2. The molecule has 0 aliphatic carbocycles. The normalized spacial score (nSPS) is 16.2. The Kier molecular flexibility index (Phi) is 6.41. The molecule has 5 heteroatoms. The number of hydrogen-bond acceptors (Lipinski definition) is 3. The fourth-order valence-corrected chi connectivity index (χ4v) is 3.58. The Morgan fingerprint density at radius 2 is 1.12 bits per heavy atom. The fourth-order valence-electron chi connectivity index (χ4n) is 2.81. The monoisotopic (exact) mass is 366 g/mol. The first-order valence-electron chi connectivity index (χ1n) is 7.49. The molecule has 0 fully saturated rings. The molecular weight excluding hydrogens is 347 g/mol. The van der Waals surface area contributed by atoms with E-state index >= 15 is 0 Å². The molecule has 0 aliphatic rings. The number of rotatable bonds is 8. The Hall–Kier alpha value is -1.39. The van der Waals surface area contributed by atoms with Gasteiger partial charge in [0.15, 0.2) is 11.2 Å². The molecule has 0 saturated heterocycles. The second kappa shape index (κ2) is 8.13. The highest BCUT2D eigenvalue weighted by molar-refractivity contribution is 6.23. The lowest BCUT2D eigenvalue weighted by Crippen LogP contribution is -2.53. The van der Waals surface area contributed by atoms with Crippen molar-refractivity contribution < 1.29 is 14.3 Å². The van der Waals surface area contributed by atoms with Crippen molar-refractivity contribution in [3.05, 3.63) is 71.8 Å². The van der Waals surface area contributed by atoms with E-state index in [1.165, 1.54) is 14.2 Å². The lowest BCUT2D eigenvalue weighted by atomic mass is 9.78. The van der Waals surface area contributed by atoms with Crippen molar-refractivity contribution in [1.29, 1.82) is 0 Å². The molecule has 0 radical (unpaired) electrons. The average molecular weight is 367 g/mol. The molecule has 128 valence electrons. The van der Waals surface area contributed by atoms with Crippen molar-refractivity contribution in [1.82, 2.24) is 0 Å². The van der Waals surface area contributed by atoms with E-state index in [2.05, 4.69) is 0 Å². The number of carbonyl (C=O) groups is 1. The minimum Gasteiger partial charge on any atom is -0.364 e. The summed E-state index contributed by atoms with van der Waals surface area (Å²) in [5, 5.41) is 0. The van der Waals surface area contributed by atoms with Gasteiger partial charge in [0.2, 0.25) is 5.78 Å². The predicted molar refractivity (Wildman–Crippen MR) is 96.7 cm³/mol.